The van der Waals surface area contributed by atoms with Gasteiger partial charge < -0.3 is 15.5 Å². The molecule has 0 unspecified atom stereocenters. The van der Waals surface area contributed by atoms with Crippen LogP contribution in [0.2, 0.25) is 0 Å². The Morgan fingerprint density at radius 3 is 2.16 bits per heavy atom. The fourth-order valence-corrected chi connectivity index (χ4v) is 7.15. The maximum atomic E-state index is 13.8. The van der Waals surface area contributed by atoms with E-state index in [1.807, 2.05) is 0 Å². The van der Waals surface area contributed by atoms with Crippen LogP contribution >= 0.6 is 0 Å². The van der Waals surface area contributed by atoms with Crippen molar-refractivity contribution in [1.82, 2.24) is 19.5 Å². The number of anilines is 2. The van der Waals surface area contributed by atoms with E-state index in [9.17, 15) is 26.8 Å². The monoisotopic (exact) mass is 611 g/mol. The van der Waals surface area contributed by atoms with Crippen LogP contribution in [0.4, 0.5) is 20.2 Å². The first-order valence-corrected chi connectivity index (χ1v) is 15.8. The van der Waals surface area contributed by atoms with E-state index in [4.69, 9.17) is 0 Å². The predicted molar refractivity (Wildman–Crippen MR) is 159 cm³/mol. The molecule has 0 bridgehead atoms. The lowest BCUT2D eigenvalue weighted by atomic mass is 9.89. The molecule has 0 saturated carbocycles. The molecule has 2 N–H and O–H groups in total. The summed E-state index contributed by atoms with van der Waals surface area (Å²) in [6.07, 6.45) is 3.63. The molecule has 0 spiro atoms. The number of nitrogens with zero attached hydrogens (tertiary/aromatic N) is 3. The Morgan fingerprint density at radius 1 is 0.884 bits per heavy atom. The van der Waals surface area contributed by atoms with Crippen molar-refractivity contribution < 1.29 is 26.8 Å². The second kappa shape index (κ2) is 12.8. The molecule has 2 amide bonds. The summed E-state index contributed by atoms with van der Waals surface area (Å²) < 4.78 is 55.7. The molecule has 0 aliphatic carbocycles. The van der Waals surface area contributed by atoms with E-state index in [2.05, 4.69) is 15.6 Å². The molecule has 3 heterocycles. The summed E-state index contributed by atoms with van der Waals surface area (Å²) in [4.78, 5) is 31.1. The van der Waals surface area contributed by atoms with Crippen molar-refractivity contribution in [3.63, 3.8) is 0 Å². The summed E-state index contributed by atoms with van der Waals surface area (Å²) in [6, 6.07) is 11.9. The molecule has 2 fully saturated rings. The Morgan fingerprint density at radius 2 is 1.53 bits per heavy atom. The van der Waals surface area contributed by atoms with Crippen LogP contribution in [0.1, 0.15) is 60.0 Å². The van der Waals surface area contributed by atoms with E-state index < -0.39 is 15.8 Å². The number of carbonyl (C=O) groups is 2. The minimum Gasteiger partial charge on any atom is -0.355 e. The second-order valence-electron chi connectivity index (χ2n) is 11.1. The molecule has 2 saturated heterocycles. The number of aromatic nitrogens is 1. The van der Waals surface area contributed by atoms with Gasteiger partial charge in [0.1, 0.15) is 11.6 Å². The van der Waals surface area contributed by atoms with E-state index in [1.54, 1.807) is 24.0 Å². The SMILES string of the molecule is CC(=O)NC1CCN(S(=O)(=O)c2cc(Nc3ccc(F)cc3C)c(C(=O)N3CCC(c4ccc(F)cc4)CC3)cn2)CC1. The van der Waals surface area contributed by atoms with Crippen molar-refractivity contribution in [3.8, 4) is 0 Å². The normalized spacial score (nSPS) is 17.1. The van der Waals surface area contributed by atoms with E-state index in [0.717, 1.165) is 5.56 Å². The van der Waals surface area contributed by atoms with Gasteiger partial charge in [0.25, 0.3) is 15.9 Å². The summed E-state index contributed by atoms with van der Waals surface area (Å²) in [5.41, 5.74) is 2.59. The molecule has 228 valence electrons. The zero-order valence-electron chi connectivity index (χ0n) is 24.1. The van der Waals surface area contributed by atoms with Gasteiger partial charge in [0.2, 0.25) is 5.91 Å². The van der Waals surface area contributed by atoms with Crippen LogP contribution in [-0.4, -0.2) is 66.6 Å². The van der Waals surface area contributed by atoms with Gasteiger partial charge in [0, 0.05) is 57.1 Å². The van der Waals surface area contributed by atoms with Crippen molar-refractivity contribution in [3.05, 3.63) is 83.1 Å². The second-order valence-corrected chi connectivity index (χ2v) is 13.0. The molecular weight excluding hydrogens is 576 g/mol. The van der Waals surface area contributed by atoms with Crippen molar-refractivity contribution in [2.75, 3.05) is 31.5 Å². The molecular formula is C31H35F2N5O4S. The molecule has 12 heteroatoms. The lowest BCUT2D eigenvalue weighted by Crippen LogP contribution is -2.46. The van der Waals surface area contributed by atoms with Crippen LogP contribution in [0.3, 0.4) is 0 Å². The van der Waals surface area contributed by atoms with Crippen LogP contribution in [-0.2, 0) is 14.8 Å². The number of pyridine rings is 1. The van der Waals surface area contributed by atoms with Gasteiger partial charge >= 0.3 is 0 Å². The molecule has 2 aliphatic rings. The Balaban J connectivity index is 1.39. The topological polar surface area (TPSA) is 112 Å². The molecule has 2 aliphatic heterocycles. The highest BCUT2D eigenvalue weighted by Gasteiger charge is 2.33. The van der Waals surface area contributed by atoms with Gasteiger partial charge in [-0.25, -0.2) is 22.2 Å². The summed E-state index contributed by atoms with van der Waals surface area (Å²) in [5.74, 6) is -0.962. The molecule has 1 aromatic heterocycles. The number of nitrogens with one attached hydrogen (secondary N) is 2. The first kappa shape index (κ1) is 30.6. The number of benzene rings is 2. The summed E-state index contributed by atoms with van der Waals surface area (Å²) >= 11 is 0. The highest BCUT2D eigenvalue weighted by Crippen LogP contribution is 2.32. The van der Waals surface area contributed by atoms with Gasteiger partial charge in [-0.1, -0.05) is 12.1 Å². The van der Waals surface area contributed by atoms with Gasteiger partial charge in [-0.2, -0.15) is 4.31 Å². The van der Waals surface area contributed by atoms with Crippen LogP contribution in [0.5, 0.6) is 0 Å². The summed E-state index contributed by atoms with van der Waals surface area (Å²) in [7, 11) is -4.00. The fraction of sp³-hybridized carbons (Fsp3) is 0.387. The Hall–Kier alpha value is -3.90. The number of aryl methyl sites for hydroxylation is 1. The third kappa shape index (κ3) is 7.02. The van der Waals surface area contributed by atoms with Crippen LogP contribution < -0.4 is 10.6 Å². The number of sulfonamides is 1. The van der Waals surface area contributed by atoms with Crippen molar-refractivity contribution in [2.24, 2.45) is 0 Å². The lowest BCUT2D eigenvalue weighted by Gasteiger charge is -2.33. The molecule has 5 rings (SSSR count). The molecule has 9 nitrogen and oxygen atoms in total. The number of carbonyl (C=O) groups excluding carboxylic acids is 2. The van der Waals surface area contributed by atoms with Crippen molar-refractivity contribution >= 4 is 33.2 Å². The van der Waals surface area contributed by atoms with Gasteiger partial charge in [-0.05, 0) is 80.0 Å². The Bertz CT molecular complexity index is 1600. The standard InChI is InChI=1S/C31H35F2N5O4S/c1-20-17-25(33)7-8-28(20)36-29-18-30(43(41,42)38-15-11-26(12-16-38)35-21(2)39)34-19-27(29)31(40)37-13-9-23(10-14-37)22-3-5-24(32)6-4-22/h3-8,17-19,23,26H,9-16H2,1-2H3,(H,34,36)(H,35,39). The number of hydrogen-bond acceptors (Lipinski definition) is 6. The number of amides is 2. The molecule has 43 heavy (non-hydrogen) atoms. The Kier molecular flexibility index (Phi) is 9.07. The third-order valence-electron chi connectivity index (χ3n) is 8.16. The first-order chi connectivity index (χ1) is 20.5. The number of hydrogen-bond donors (Lipinski definition) is 2. The quantitative estimate of drug-likeness (QED) is 0.400. The largest absolute Gasteiger partial charge is 0.355 e. The predicted octanol–water partition coefficient (Wildman–Crippen LogP) is 4.72. The number of piperidine rings is 2. The van der Waals surface area contributed by atoms with Crippen LogP contribution in [0, 0.1) is 18.6 Å². The van der Waals surface area contributed by atoms with E-state index in [1.165, 1.54) is 53.8 Å². The van der Waals surface area contributed by atoms with Gasteiger partial charge in [-0.3, -0.25) is 9.59 Å². The summed E-state index contributed by atoms with van der Waals surface area (Å²) in [5, 5.41) is 5.78. The molecule has 3 aromatic rings. The molecule has 0 radical (unpaired) electrons. The fourth-order valence-electron chi connectivity index (χ4n) is 5.74. The average Bonchev–Trinajstić information content (AvgIpc) is 2.99. The van der Waals surface area contributed by atoms with Crippen molar-refractivity contribution in [1.29, 1.82) is 0 Å². The number of halogens is 2. The third-order valence-corrected chi connectivity index (χ3v) is 9.95. The number of rotatable bonds is 7. The van der Waals surface area contributed by atoms with Crippen LogP contribution in [0.15, 0.2) is 59.8 Å². The van der Waals surface area contributed by atoms with Crippen molar-refractivity contribution in [2.45, 2.75) is 56.5 Å². The van der Waals surface area contributed by atoms with E-state index in [-0.39, 0.29) is 59.0 Å². The highest BCUT2D eigenvalue weighted by molar-refractivity contribution is 7.89. The lowest BCUT2D eigenvalue weighted by molar-refractivity contribution is -0.119. The first-order valence-electron chi connectivity index (χ1n) is 14.4. The molecule has 2 aromatic carbocycles. The molecule has 0 atom stereocenters. The zero-order valence-corrected chi connectivity index (χ0v) is 25.0. The maximum absolute atomic E-state index is 13.8. The smallest absolute Gasteiger partial charge is 0.260 e. The average molecular weight is 612 g/mol. The van der Waals surface area contributed by atoms with Gasteiger partial charge in [-0.15, -0.1) is 0 Å². The van der Waals surface area contributed by atoms with Gasteiger partial charge in [0.05, 0.1) is 11.3 Å². The Labute approximate surface area is 250 Å². The zero-order chi connectivity index (χ0) is 30.7. The van der Waals surface area contributed by atoms with Crippen LogP contribution in [0.25, 0.3) is 0 Å². The minimum absolute atomic E-state index is 0.0946. The number of likely N-dealkylation sites (tertiary alicyclic amines) is 1. The van der Waals surface area contributed by atoms with E-state index in [0.29, 0.717) is 50.0 Å². The minimum atomic E-state index is -4.00. The van der Waals surface area contributed by atoms with E-state index >= 15 is 0 Å². The summed E-state index contributed by atoms with van der Waals surface area (Å²) in [6.45, 7) is 4.53. The maximum Gasteiger partial charge on any atom is 0.260 e. The highest BCUT2D eigenvalue weighted by atomic mass is 32.2. The van der Waals surface area contributed by atoms with Gasteiger partial charge in [0.15, 0.2) is 5.03 Å².